The molecule has 0 atom stereocenters. The van der Waals surface area contributed by atoms with Crippen LogP contribution in [0.15, 0.2) is 53.4 Å². The highest BCUT2D eigenvalue weighted by Gasteiger charge is 2.12. The summed E-state index contributed by atoms with van der Waals surface area (Å²) in [6.07, 6.45) is 0. The van der Waals surface area contributed by atoms with E-state index in [1.807, 2.05) is 30.3 Å². The fraction of sp³-hybridized carbons (Fsp3) is 0.133. The first-order valence-electron chi connectivity index (χ1n) is 6.17. The van der Waals surface area contributed by atoms with Crippen LogP contribution in [-0.2, 0) is 0 Å². The Hall–Kier alpha value is -2.14. The van der Waals surface area contributed by atoms with E-state index in [1.54, 1.807) is 30.0 Å². The van der Waals surface area contributed by atoms with Crippen LogP contribution in [0.25, 0.3) is 0 Å². The second-order valence-electron chi connectivity index (χ2n) is 4.10. The van der Waals surface area contributed by atoms with Crippen LogP contribution < -0.4 is 16.2 Å². The largest absolute Gasteiger partial charge is 0.490 e. The molecule has 1 amide bonds. The summed E-state index contributed by atoms with van der Waals surface area (Å²) in [6.45, 7) is 0.452. The van der Waals surface area contributed by atoms with Crippen molar-refractivity contribution in [2.24, 2.45) is 5.73 Å². The van der Waals surface area contributed by atoms with Gasteiger partial charge in [-0.25, -0.2) is 0 Å². The average molecular weight is 288 g/mol. The molecule has 0 spiro atoms. The van der Waals surface area contributed by atoms with Crippen LogP contribution in [0.4, 0.5) is 5.69 Å². The molecule has 104 valence electrons. The smallest absolute Gasteiger partial charge is 0.252 e. The van der Waals surface area contributed by atoms with E-state index >= 15 is 0 Å². The van der Waals surface area contributed by atoms with Gasteiger partial charge in [0.25, 0.3) is 5.91 Å². The van der Waals surface area contributed by atoms with Crippen LogP contribution in [0, 0.1) is 0 Å². The molecule has 0 heterocycles. The molecule has 4 nitrogen and oxygen atoms in total. The van der Waals surface area contributed by atoms with Crippen LogP contribution in [0.5, 0.6) is 5.75 Å². The van der Waals surface area contributed by atoms with Gasteiger partial charge < -0.3 is 16.2 Å². The topological polar surface area (TPSA) is 78.3 Å². The third-order valence-electron chi connectivity index (χ3n) is 2.65. The molecular weight excluding hydrogens is 272 g/mol. The minimum Gasteiger partial charge on any atom is -0.490 e. The second kappa shape index (κ2) is 6.86. The molecule has 2 aromatic rings. The molecule has 0 radical (unpaired) electrons. The molecule has 20 heavy (non-hydrogen) atoms. The summed E-state index contributed by atoms with van der Waals surface area (Å²) in [5.41, 5.74) is 11.8. The maximum Gasteiger partial charge on any atom is 0.252 e. The van der Waals surface area contributed by atoms with Crippen molar-refractivity contribution in [1.82, 2.24) is 0 Å². The molecule has 5 heteroatoms. The van der Waals surface area contributed by atoms with Crippen LogP contribution in [-0.4, -0.2) is 18.3 Å². The van der Waals surface area contributed by atoms with Crippen LogP contribution in [0.1, 0.15) is 10.4 Å². The number of primary amides is 1. The van der Waals surface area contributed by atoms with E-state index in [1.165, 1.54) is 4.90 Å². The SMILES string of the molecule is NC(=O)c1cccc(N)c1OCCSc1ccccc1. The van der Waals surface area contributed by atoms with Crippen LogP contribution >= 0.6 is 11.8 Å². The summed E-state index contributed by atoms with van der Waals surface area (Å²) in [4.78, 5) is 12.5. The maximum atomic E-state index is 11.3. The maximum absolute atomic E-state index is 11.3. The summed E-state index contributed by atoms with van der Waals surface area (Å²) in [7, 11) is 0. The zero-order valence-corrected chi connectivity index (χ0v) is 11.7. The molecule has 2 rings (SSSR count). The molecule has 0 aliphatic heterocycles. The van der Waals surface area contributed by atoms with Crippen molar-refractivity contribution in [3.05, 3.63) is 54.1 Å². The number of para-hydroxylation sites is 1. The van der Waals surface area contributed by atoms with Crippen LogP contribution in [0.3, 0.4) is 0 Å². The molecule has 0 bridgehead atoms. The predicted molar refractivity (Wildman–Crippen MR) is 82.0 cm³/mol. The van der Waals surface area contributed by atoms with Crippen molar-refractivity contribution in [3.63, 3.8) is 0 Å². The fourth-order valence-corrected chi connectivity index (χ4v) is 2.48. The Morgan fingerprint density at radius 2 is 1.85 bits per heavy atom. The normalized spacial score (nSPS) is 10.2. The van der Waals surface area contributed by atoms with Gasteiger partial charge in [-0.15, -0.1) is 11.8 Å². The van der Waals surface area contributed by atoms with Gasteiger partial charge in [0, 0.05) is 10.6 Å². The van der Waals surface area contributed by atoms with Crippen molar-refractivity contribution in [1.29, 1.82) is 0 Å². The lowest BCUT2D eigenvalue weighted by atomic mass is 10.1. The summed E-state index contributed by atoms with van der Waals surface area (Å²) >= 11 is 1.68. The Kier molecular flexibility index (Phi) is 4.90. The van der Waals surface area contributed by atoms with E-state index in [-0.39, 0.29) is 0 Å². The van der Waals surface area contributed by atoms with E-state index in [0.29, 0.717) is 23.6 Å². The number of carbonyl (C=O) groups excluding carboxylic acids is 1. The molecule has 0 unspecified atom stereocenters. The summed E-state index contributed by atoms with van der Waals surface area (Å²) in [5, 5.41) is 0. The number of benzene rings is 2. The van der Waals surface area contributed by atoms with Gasteiger partial charge in [-0.05, 0) is 24.3 Å². The average Bonchev–Trinajstić information content (AvgIpc) is 2.45. The van der Waals surface area contributed by atoms with Gasteiger partial charge in [-0.2, -0.15) is 0 Å². The Morgan fingerprint density at radius 3 is 2.55 bits per heavy atom. The number of hydrogen-bond donors (Lipinski definition) is 2. The molecule has 0 saturated heterocycles. The minimum absolute atomic E-state index is 0.315. The first-order chi connectivity index (χ1) is 9.68. The number of rotatable bonds is 6. The first kappa shape index (κ1) is 14.3. The summed E-state index contributed by atoms with van der Waals surface area (Å²) in [5.74, 6) is 0.591. The number of anilines is 1. The molecule has 4 N–H and O–H groups in total. The Bertz CT molecular complexity index is 588. The van der Waals surface area contributed by atoms with Crippen molar-refractivity contribution in [3.8, 4) is 5.75 Å². The van der Waals surface area contributed by atoms with Crippen LogP contribution in [0.2, 0.25) is 0 Å². The third kappa shape index (κ3) is 3.68. The lowest BCUT2D eigenvalue weighted by Gasteiger charge is -2.11. The number of nitrogens with two attached hydrogens (primary N) is 2. The van der Waals surface area contributed by atoms with Gasteiger partial charge in [0.2, 0.25) is 0 Å². The van der Waals surface area contributed by atoms with E-state index in [0.717, 1.165) is 5.75 Å². The highest BCUT2D eigenvalue weighted by atomic mass is 32.2. The van der Waals surface area contributed by atoms with E-state index < -0.39 is 5.91 Å². The van der Waals surface area contributed by atoms with E-state index in [9.17, 15) is 4.79 Å². The summed E-state index contributed by atoms with van der Waals surface area (Å²) < 4.78 is 5.60. The lowest BCUT2D eigenvalue weighted by molar-refractivity contribution is 0.0997. The van der Waals surface area contributed by atoms with Crippen molar-refractivity contribution in [2.45, 2.75) is 4.90 Å². The standard InChI is InChI=1S/C15H16N2O2S/c16-13-8-4-7-12(15(17)18)14(13)19-9-10-20-11-5-2-1-3-6-11/h1-8H,9-10,16H2,(H2,17,18). The highest BCUT2D eigenvalue weighted by molar-refractivity contribution is 7.99. The van der Waals surface area contributed by atoms with Crippen molar-refractivity contribution in [2.75, 3.05) is 18.1 Å². The fourth-order valence-electron chi connectivity index (χ4n) is 1.73. The number of ether oxygens (including phenoxy) is 1. The summed E-state index contributed by atoms with van der Waals surface area (Å²) in [6, 6.07) is 15.0. The molecule has 0 aromatic heterocycles. The van der Waals surface area contributed by atoms with Gasteiger partial charge in [0.05, 0.1) is 17.9 Å². The molecule has 0 aliphatic rings. The number of thioether (sulfide) groups is 1. The number of carbonyl (C=O) groups is 1. The molecule has 0 saturated carbocycles. The van der Waals surface area contributed by atoms with Gasteiger partial charge >= 0.3 is 0 Å². The number of hydrogen-bond acceptors (Lipinski definition) is 4. The van der Waals surface area contributed by atoms with Crippen molar-refractivity contribution < 1.29 is 9.53 Å². The van der Waals surface area contributed by atoms with Gasteiger partial charge in [-0.1, -0.05) is 24.3 Å². The lowest BCUT2D eigenvalue weighted by Crippen LogP contribution is -2.15. The van der Waals surface area contributed by atoms with E-state index in [4.69, 9.17) is 16.2 Å². The molecule has 2 aromatic carbocycles. The molecule has 0 aliphatic carbocycles. The second-order valence-corrected chi connectivity index (χ2v) is 5.27. The quantitative estimate of drug-likeness (QED) is 0.486. The third-order valence-corrected chi connectivity index (χ3v) is 3.63. The minimum atomic E-state index is -0.539. The number of nitrogen functional groups attached to an aromatic ring is 1. The predicted octanol–water partition coefficient (Wildman–Crippen LogP) is 2.54. The first-order valence-corrected chi connectivity index (χ1v) is 7.16. The zero-order chi connectivity index (χ0) is 14.4. The van der Waals surface area contributed by atoms with E-state index in [2.05, 4.69) is 0 Å². The highest BCUT2D eigenvalue weighted by Crippen LogP contribution is 2.26. The molecular formula is C15H16N2O2S. The Labute approximate surface area is 122 Å². The molecule has 0 fully saturated rings. The monoisotopic (exact) mass is 288 g/mol. The van der Waals surface area contributed by atoms with Crippen molar-refractivity contribution >= 4 is 23.4 Å². The Morgan fingerprint density at radius 1 is 1.10 bits per heavy atom. The number of amides is 1. The van der Waals surface area contributed by atoms with Gasteiger partial charge in [0.15, 0.2) is 5.75 Å². The van der Waals surface area contributed by atoms with Gasteiger partial charge in [-0.3, -0.25) is 4.79 Å². The Balaban J connectivity index is 1.93. The zero-order valence-electron chi connectivity index (χ0n) is 10.9. The van der Waals surface area contributed by atoms with Gasteiger partial charge in [0.1, 0.15) is 0 Å².